The molecule has 2 atom stereocenters. The van der Waals surface area contributed by atoms with Crippen LogP contribution in [0.25, 0.3) is 0 Å². The molecule has 0 bridgehead atoms. The molecule has 2 unspecified atom stereocenters. The number of halogens is 5. The number of hydrogen-bond donors (Lipinski definition) is 1. The summed E-state index contributed by atoms with van der Waals surface area (Å²) in [6.45, 7) is 4.71. The van der Waals surface area contributed by atoms with E-state index in [1.165, 1.54) is 26.0 Å². The second-order valence-electron chi connectivity index (χ2n) is 8.63. The van der Waals surface area contributed by atoms with Crippen LogP contribution in [-0.2, 0) is 17.4 Å². The summed E-state index contributed by atoms with van der Waals surface area (Å²) in [5.41, 5.74) is -0.731. The van der Waals surface area contributed by atoms with Gasteiger partial charge in [0.1, 0.15) is 5.82 Å². The van der Waals surface area contributed by atoms with Crippen molar-refractivity contribution in [1.29, 1.82) is 0 Å². The van der Waals surface area contributed by atoms with E-state index in [2.05, 4.69) is 31.2 Å². The molecule has 186 valence electrons. The molecule has 0 aliphatic rings. The lowest BCUT2D eigenvalue weighted by Crippen LogP contribution is -2.51. The highest BCUT2D eigenvalue weighted by Gasteiger charge is 2.35. The Morgan fingerprint density at radius 2 is 1.80 bits per heavy atom. The van der Waals surface area contributed by atoms with Crippen molar-refractivity contribution in [2.75, 3.05) is 0 Å². The Bertz CT molecular complexity index is 1170. The van der Waals surface area contributed by atoms with Crippen LogP contribution in [0, 0.1) is 5.82 Å². The zero-order chi connectivity index (χ0) is 25.8. The monoisotopic (exact) mass is 553 g/mol. The van der Waals surface area contributed by atoms with Gasteiger partial charge >= 0.3 is 6.18 Å². The van der Waals surface area contributed by atoms with Gasteiger partial charge in [0, 0.05) is 41.1 Å². The maximum absolute atomic E-state index is 13.4. The summed E-state index contributed by atoms with van der Waals surface area (Å²) in [4.78, 5) is 21.1. The number of amides is 1. The number of aromatic nitrogens is 2. The van der Waals surface area contributed by atoms with Crippen molar-refractivity contribution in [3.63, 3.8) is 0 Å². The standard InChI is InChI=1S/C25H24BrF4N3O2/c1-15(21(17-11-19(26)14-31-13-17)10-16-4-6-20(27)7-5-16)33-23(34)24(2,3)35-22-12-18(8-9-32-22)25(28,29)30/h4-9,11-15,21H,10H2,1-3H3,(H,33,34). The molecular formula is C25H24BrF4N3O2. The molecule has 35 heavy (non-hydrogen) atoms. The fraction of sp³-hybridized carbons (Fsp3) is 0.320. The first-order valence-corrected chi connectivity index (χ1v) is 11.5. The van der Waals surface area contributed by atoms with Gasteiger partial charge in [-0.25, -0.2) is 9.37 Å². The Labute approximate surface area is 209 Å². The first kappa shape index (κ1) is 26.6. The van der Waals surface area contributed by atoms with Gasteiger partial charge in [-0.2, -0.15) is 13.2 Å². The zero-order valence-corrected chi connectivity index (χ0v) is 20.8. The van der Waals surface area contributed by atoms with Crippen LogP contribution in [0.1, 0.15) is 43.4 Å². The number of hydrogen-bond acceptors (Lipinski definition) is 4. The van der Waals surface area contributed by atoms with Gasteiger partial charge in [0.25, 0.3) is 5.91 Å². The maximum Gasteiger partial charge on any atom is 0.416 e. The van der Waals surface area contributed by atoms with Gasteiger partial charge in [-0.3, -0.25) is 9.78 Å². The largest absolute Gasteiger partial charge is 0.462 e. The van der Waals surface area contributed by atoms with Crippen LogP contribution in [0.5, 0.6) is 5.88 Å². The molecule has 1 N–H and O–H groups in total. The van der Waals surface area contributed by atoms with Gasteiger partial charge in [-0.1, -0.05) is 12.1 Å². The molecule has 1 amide bonds. The van der Waals surface area contributed by atoms with Crippen molar-refractivity contribution in [3.8, 4) is 5.88 Å². The molecule has 3 aromatic rings. The third kappa shape index (κ3) is 7.24. The number of ether oxygens (including phenoxy) is 1. The highest BCUT2D eigenvalue weighted by Crippen LogP contribution is 2.31. The molecular weight excluding hydrogens is 530 g/mol. The minimum Gasteiger partial charge on any atom is -0.462 e. The second kappa shape index (κ2) is 10.7. The van der Waals surface area contributed by atoms with Crippen molar-refractivity contribution >= 4 is 21.8 Å². The lowest BCUT2D eigenvalue weighted by molar-refractivity contribution is -0.138. The molecule has 0 fully saturated rings. The van der Waals surface area contributed by atoms with E-state index in [0.29, 0.717) is 6.42 Å². The maximum atomic E-state index is 13.4. The Kier molecular flexibility index (Phi) is 8.15. The van der Waals surface area contributed by atoms with Crippen LogP contribution in [0.4, 0.5) is 17.6 Å². The van der Waals surface area contributed by atoms with Gasteiger partial charge in [0.05, 0.1) is 5.56 Å². The predicted molar refractivity (Wildman–Crippen MR) is 126 cm³/mol. The smallest absolute Gasteiger partial charge is 0.416 e. The number of carbonyl (C=O) groups is 1. The van der Waals surface area contributed by atoms with Crippen LogP contribution >= 0.6 is 15.9 Å². The van der Waals surface area contributed by atoms with Crippen molar-refractivity contribution in [1.82, 2.24) is 15.3 Å². The minimum absolute atomic E-state index is 0.239. The molecule has 0 radical (unpaired) electrons. The minimum atomic E-state index is -4.56. The number of nitrogens with one attached hydrogen (secondary N) is 1. The molecule has 3 rings (SSSR count). The van der Waals surface area contributed by atoms with E-state index in [1.54, 1.807) is 24.5 Å². The molecule has 2 aromatic heterocycles. The molecule has 0 saturated carbocycles. The average Bonchev–Trinajstić information content (AvgIpc) is 2.78. The molecule has 0 aliphatic heterocycles. The number of carbonyl (C=O) groups excluding carboxylic acids is 1. The SMILES string of the molecule is CC(NC(=O)C(C)(C)Oc1cc(C(F)(F)F)ccn1)C(Cc1ccc(F)cc1)c1cncc(Br)c1. The van der Waals surface area contributed by atoms with Gasteiger partial charge < -0.3 is 10.1 Å². The van der Waals surface area contributed by atoms with Gasteiger partial charge in [-0.15, -0.1) is 0 Å². The molecule has 0 spiro atoms. The van der Waals surface area contributed by atoms with Crippen molar-refractivity contribution in [2.24, 2.45) is 0 Å². The highest BCUT2D eigenvalue weighted by atomic mass is 79.9. The molecule has 5 nitrogen and oxygen atoms in total. The van der Waals surface area contributed by atoms with E-state index in [0.717, 1.165) is 33.9 Å². The fourth-order valence-electron chi connectivity index (χ4n) is 3.52. The number of benzene rings is 1. The molecule has 2 heterocycles. The third-order valence-electron chi connectivity index (χ3n) is 5.45. The van der Waals surface area contributed by atoms with Crippen LogP contribution in [-0.4, -0.2) is 27.5 Å². The van der Waals surface area contributed by atoms with Gasteiger partial charge in [-0.05, 0) is 78.5 Å². The predicted octanol–water partition coefficient (Wildman–Crippen LogP) is 6.09. The van der Waals surface area contributed by atoms with E-state index >= 15 is 0 Å². The first-order chi connectivity index (χ1) is 16.3. The number of pyridine rings is 2. The van der Waals surface area contributed by atoms with Crippen LogP contribution in [0.2, 0.25) is 0 Å². The lowest BCUT2D eigenvalue weighted by Gasteiger charge is -2.30. The van der Waals surface area contributed by atoms with E-state index in [1.807, 2.05) is 13.0 Å². The van der Waals surface area contributed by atoms with Crippen molar-refractivity contribution in [3.05, 3.63) is 88.0 Å². The topological polar surface area (TPSA) is 64.1 Å². The van der Waals surface area contributed by atoms with Gasteiger partial charge in [0.15, 0.2) is 5.60 Å². The summed E-state index contributed by atoms with van der Waals surface area (Å²) in [7, 11) is 0. The summed E-state index contributed by atoms with van der Waals surface area (Å²) in [6.07, 6.45) is 0.230. The molecule has 0 saturated heterocycles. The Morgan fingerprint density at radius 1 is 1.11 bits per heavy atom. The quantitative estimate of drug-likeness (QED) is 0.343. The lowest BCUT2D eigenvalue weighted by atomic mass is 9.87. The molecule has 10 heteroatoms. The molecule has 0 aliphatic carbocycles. The summed E-state index contributed by atoms with van der Waals surface area (Å²) in [5, 5.41) is 2.90. The summed E-state index contributed by atoms with van der Waals surface area (Å²) in [6, 6.07) is 9.13. The number of nitrogens with zero attached hydrogens (tertiary/aromatic N) is 2. The van der Waals surface area contributed by atoms with Crippen LogP contribution in [0.3, 0.4) is 0 Å². The van der Waals surface area contributed by atoms with E-state index < -0.39 is 29.3 Å². The normalized spacial score (nSPS) is 13.7. The van der Waals surface area contributed by atoms with E-state index in [4.69, 9.17) is 4.74 Å². The first-order valence-electron chi connectivity index (χ1n) is 10.7. The fourth-order valence-corrected chi connectivity index (χ4v) is 3.90. The third-order valence-corrected chi connectivity index (χ3v) is 5.89. The number of rotatable bonds is 8. The van der Waals surface area contributed by atoms with Crippen LogP contribution in [0.15, 0.2) is 65.5 Å². The highest BCUT2D eigenvalue weighted by molar-refractivity contribution is 9.10. The number of alkyl halides is 3. The summed E-state index contributed by atoms with van der Waals surface area (Å²) in [5.74, 6) is -1.43. The van der Waals surface area contributed by atoms with Crippen LogP contribution < -0.4 is 10.1 Å². The van der Waals surface area contributed by atoms with Gasteiger partial charge in [0.2, 0.25) is 5.88 Å². The van der Waals surface area contributed by atoms with Crippen molar-refractivity contribution < 1.29 is 27.1 Å². The second-order valence-corrected chi connectivity index (χ2v) is 9.54. The average molecular weight is 554 g/mol. The zero-order valence-electron chi connectivity index (χ0n) is 19.2. The summed E-state index contributed by atoms with van der Waals surface area (Å²) >= 11 is 3.41. The molecule has 1 aromatic carbocycles. The van der Waals surface area contributed by atoms with E-state index in [9.17, 15) is 22.4 Å². The summed E-state index contributed by atoms with van der Waals surface area (Å²) < 4.78 is 58.7. The van der Waals surface area contributed by atoms with Crippen molar-refractivity contribution in [2.45, 2.75) is 50.9 Å². The Hall–Kier alpha value is -3.01. The Balaban J connectivity index is 1.79. The van der Waals surface area contributed by atoms with E-state index in [-0.39, 0.29) is 17.6 Å². The Morgan fingerprint density at radius 3 is 2.43 bits per heavy atom.